The molecule has 0 saturated carbocycles. The summed E-state index contributed by atoms with van der Waals surface area (Å²) in [6.07, 6.45) is 8.69. The predicted molar refractivity (Wildman–Crippen MR) is 89.5 cm³/mol. The van der Waals surface area contributed by atoms with E-state index in [0.29, 0.717) is 18.1 Å². The van der Waals surface area contributed by atoms with Crippen LogP contribution in [0.15, 0.2) is 42.5 Å². The molecule has 4 nitrogen and oxygen atoms in total. The van der Waals surface area contributed by atoms with E-state index < -0.39 is 0 Å². The third-order valence-electron chi connectivity index (χ3n) is 5.13. The second-order valence-electron chi connectivity index (χ2n) is 6.46. The molecular formula is C19H23NO3. The highest BCUT2D eigenvalue weighted by Crippen LogP contribution is 2.38. The molecule has 0 radical (unpaired) electrons. The third-order valence-corrected chi connectivity index (χ3v) is 5.13. The molecule has 0 aromatic heterocycles. The topological polar surface area (TPSA) is 47.6 Å². The number of hydrogen-bond donors (Lipinski definition) is 1. The largest absolute Gasteiger partial charge is 0.492 e. The quantitative estimate of drug-likeness (QED) is 0.852. The summed E-state index contributed by atoms with van der Waals surface area (Å²) in [5, 5.41) is 3.61. The lowest BCUT2D eigenvalue weighted by Crippen LogP contribution is -2.48. The molecule has 3 rings (SSSR count). The summed E-state index contributed by atoms with van der Waals surface area (Å²) in [6.45, 7) is 5.78. The fourth-order valence-electron chi connectivity index (χ4n) is 3.23. The van der Waals surface area contributed by atoms with Gasteiger partial charge < -0.3 is 14.8 Å². The molecule has 4 heteroatoms. The molecule has 23 heavy (non-hydrogen) atoms. The van der Waals surface area contributed by atoms with Gasteiger partial charge in [-0.05, 0) is 18.1 Å². The first-order chi connectivity index (χ1) is 11.0. The third kappa shape index (κ3) is 2.91. The number of rotatable bonds is 2. The van der Waals surface area contributed by atoms with E-state index in [4.69, 9.17) is 9.47 Å². The summed E-state index contributed by atoms with van der Waals surface area (Å²) in [7, 11) is 1.39. The van der Waals surface area contributed by atoms with Crippen molar-refractivity contribution in [2.75, 3.05) is 13.7 Å². The molecule has 2 unspecified atom stereocenters. The molecular weight excluding hydrogens is 290 g/mol. The first-order valence-electron chi connectivity index (χ1n) is 7.98. The number of carbonyl (C=O) groups excluding carboxylic acids is 1. The van der Waals surface area contributed by atoms with Gasteiger partial charge in [0, 0.05) is 17.5 Å². The number of methoxy groups -OCH3 is 1. The van der Waals surface area contributed by atoms with Crippen molar-refractivity contribution in [2.24, 2.45) is 11.3 Å². The molecule has 1 N–H and O–H groups in total. The molecule has 3 atom stereocenters. The molecule has 0 spiro atoms. The Morgan fingerprint density at radius 3 is 2.96 bits per heavy atom. The second-order valence-corrected chi connectivity index (χ2v) is 6.46. The van der Waals surface area contributed by atoms with E-state index in [0.717, 1.165) is 17.9 Å². The smallest absolute Gasteiger partial charge is 0.337 e. The lowest BCUT2D eigenvalue weighted by Gasteiger charge is -2.40. The summed E-state index contributed by atoms with van der Waals surface area (Å²) >= 11 is 0. The van der Waals surface area contributed by atoms with E-state index in [-0.39, 0.29) is 17.4 Å². The highest BCUT2D eigenvalue weighted by Gasteiger charge is 2.38. The highest BCUT2D eigenvalue weighted by molar-refractivity contribution is 5.89. The standard InChI is InChI=1S/C19H23NO3/c1-13-6-4-5-9-19(13,2)17-12-23-16-10-14(18(21)22-3)7-8-15(16)11-20-17/h4-10,13,17,20H,11-12H2,1-3H3/t13?,17-,19?/m1/s1. The first-order valence-corrected chi connectivity index (χ1v) is 7.98. The normalized spacial score (nSPS) is 29.3. The minimum atomic E-state index is -0.342. The molecule has 1 aromatic carbocycles. The van der Waals surface area contributed by atoms with Gasteiger partial charge in [0.05, 0.1) is 18.7 Å². The van der Waals surface area contributed by atoms with Crippen LogP contribution in [0.5, 0.6) is 5.75 Å². The fraction of sp³-hybridized carbons (Fsp3) is 0.421. The van der Waals surface area contributed by atoms with Crippen LogP contribution in [0, 0.1) is 11.3 Å². The SMILES string of the molecule is COC(=O)c1ccc2c(c1)OC[C@H](C1(C)C=CC=CC1C)NC2. The summed E-state index contributed by atoms with van der Waals surface area (Å²) in [5.41, 5.74) is 1.58. The predicted octanol–water partition coefficient (Wildman–Crippen LogP) is 3.09. The van der Waals surface area contributed by atoms with Crippen molar-refractivity contribution in [3.8, 4) is 5.75 Å². The van der Waals surface area contributed by atoms with E-state index in [9.17, 15) is 4.79 Å². The molecule has 1 heterocycles. The lowest BCUT2D eigenvalue weighted by atomic mass is 9.70. The molecule has 1 aliphatic carbocycles. The van der Waals surface area contributed by atoms with Gasteiger partial charge in [-0.1, -0.05) is 44.2 Å². The lowest BCUT2D eigenvalue weighted by molar-refractivity contribution is 0.0600. The van der Waals surface area contributed by atoms with Crippen molar-refractivity contribution in [1.29, 1.82) is 0 Å². The molecule has 0 amide bonds. The van der Waals surface area contributed by atoms with Crippen LogP contribution in [-0.4, -0.2) is 25.7 Å². The Bertz CT molecular complexity index is 665. The molecule has 1 aromatic rings. The van der Waals surface area contributed by atoms with Crippen molar-refractivity contribution in [3.63, 3.8) is 0 Å². The minimum absolute atomic E-state index is 0.00196. The maximum atomic E-state index is 11.7. The van der Waals surface area contributed by atoms with Crippen LogP contribution in [0.2, 0.25) is 0 Å². The van der Waals surface area contributed by atoms with Gasteiger partial charge in [0.1, 0.15) is 12.4 Å². The van der Waals surface area contributed by atoms with Gasteiger partial charge in [0.2, 0.25) is 0 Å². The maximum absolute atomic E-state index is 11.7. The Morgan fingerprint density at radius 1 is 1.39 bits per heavy atom. The number of carbonyl (C=O) groups is 1. The van der Waals surface area contributed by atoms with Crippen molar-refractivity contribution in [1.82, 2.24) is 5.32 Å². The van der Waals surface area contributed by atoms with Crippen LogP contribution >= 0.6 is 0 Å². The van der Waals surface area contributed by atoms with E-state index in [2.05, 4.69) is 43.5 Å². The highest BCUT2D eigenvalue weighted by atomic mass is 16.5. The molecule has 0 bridgehead atoms. The zero-order valence-electron chi connectivity index (χ0n) is 13.8. The van der Waals surface area contributed by atoms with Crippen LogP contribution in [-0.2, 0) is 11.3 Å². The van der Waals surface area contributed by atoms with Gasteiger partial charge in [0.25, 0.3) is 0 Å². The average molecular weight is 313 g/mol. The van der Waals surface area contributed by atoms with Gasteiger partial charge in [0.15, 0.2) is 0 Å². The number of nitrogens with one attached hydrogen (secondary N) is 1. The fourth-order valence-corrected chi connectivity index (χ4v) is 3.23. The summed E-state index contributed by atoms with van der Waals surface area (Å²) in [6, 6.07) is 5.68. The van der Waals surface area contributed by atoms with E-state index in [1.54, 1.807) is 12.1 Å². The Balaban J connectivity index is 1.81. The summed E-state index contributed by atoms with van der Waals surface area (Å²) in [4.78, 5) is 11.7. The van der Waals surface area contributed by atoms with Crippen LogP contribution in [0.25, 0.3) is 0 Å². The van der Waals surface area contributed by atoms with Crippen molar-refractivity contribution in [3.05, 3.63) is 53.6 Å². The van der Waals surface area contributed by atoms with Gasteiger partial charge in [-0.3, -0.25) is 0 Å². The van der Waals surface area contributed by atoms with Crippen molar-refractivity contribution >= 4 is 5.97 Å². The monoisotopic (exact) mass is 313 g/mol. The van der Waals surface area contributed by atoms with Gasteiger partial charge in [-0.2, -0.15) is 0 Å². The van der Waals surface area contributed by atoms with E-state index in [1.165, 1.54) is 7.11 Å². The van der Waals surface area contributed by atoms with Crippen molar-refractivity contribution in [2.45, 2.75) is 26.4 Å². The van der Waals surface area contributed by atoms with Crippen LogP contribution in [0.3, 0.4) is 0 Å². The number of hydrogen-bond acceptors (Lipinski definition) is 4. The second kappa shape index (κ2) is 6.20. The molecule has 0 saturated heterocycles. The van der Waals surface area contributed by atoms with Crippen LogP contribution < -0.4 is 10.1 Å². The molecule has 0 fully saturated rings. The first kappa shape index (κ1) is 15.8. The summed E-state index contributed by atoms with van der Waals surface area (Å²) in [5.74, 6) is 0.848. The minimum Gasteiger partial charge on any atom is -0.492 e. The summed E-state index contributed by atoms with van der Waals surface area (Å²) < 4.78 is 10.8. The maximum Gasteiger partial charge on any atom is 0.337 e. The molecule has 122 valence electrons. The average Bonchev–Trinajstić information content (AvgIpc) is 2.79. The number of benzene rings is 1. The molecule has 2 aliphatic rings. The van der Waals surface area contributed by atoms with Crippen molar-refractivity contribution < 1.29 is 14.3 Å². The number of ether oxygens (including phenoxy) is 2. The Labute approximate surface area is 137 Å². The van der Waals surface area contributed by atoms with E-state index >= 15 is 0 Å². The van der Waals surface area contributed by atoms with Crippen LogP contribution in [0.4, 0.5) is 0 Å². The molecule has 1 aliphatic heterocycles. The van der Waals surface area contributed by atoms with E-state index in [1.807, 2.05) is 6.07 Å². The van der Waals surface area contributed by atoms with Crippen LogP contribution in [0.1, 0.15) is 29.8 Å². The number of fused-ring (bicyclic) bond motifs is 1. The number of allylic oxidation sites excluding steroid dienone is 3. The zero-order chi connectivity index (χ0) is 16.4. The van der Waals surface area contributed by atoms with Gasteiger partial charge in [-0.25, -0.2) is 4.79 Å². The number of esters is 1. The zero-order valence-corrected chi connectivity index (χ0v) is 13.8. The van der Waals surface area contributed by atoms with Gasteiger partial charge in [-0.15, -0.1) is 0 Å². The Morgan fingerprint density at radius 2 is 2.22 bits per heavy atom. The Hall–Kier alpha value is -2.07. The van der Waals surface area contributed by atoms with Gasteiger partial charge >= 0.3 is 5.97 Å². The Kier molecular flexibility index (Phi) is 4.26.